The van der Waals surface area contributed by atoms with Crippen LogP contribution in [0.2, 0.25) is 0 Å². The molecule has 0 aromatic heterocycles. The second-order valence-corrected chi connectivity index (χ2v) is 12.5. The standard InChI is InChI=1S/C43H30/c1-43(2)40-26-28(30-23-22-29(27-12-4-3-5-13-27)31-14-6-7-15-32(30)31)20-21-36(40)39-25-24-38-35-18-9-8-16-33(35)34-17-10-11-19-37(34)41(38)42(39)43/h3-26H,1-2H3. The third-order valence-electron chi connectivity index (χ3n) is 9.84. The van der Waals surface area contributed by atoms with Crippen molar-refractivity contribution in [1.82, 2.24) is 0 Å². The van der Waals surface area contributed by atoms with E-state index in [4.69, 9.17) is 0 Å². The Kier molecular flexibility index (Phi) is 5.05. The number of hydrogen-bond acceptors (Lipinski definition) is 0. The summed E-state index contributed by atoms with van der Waals surface area (Å²) in [4.78, 5) is 0. The summed E-state index contributed by atoms with van der Waals surface area (Å²) in [5.41, 5.74) is 10.5. The van der Waals surface area contributed by atoms with E-state index in [1.807, 2.05) is 0 Å². The van der Waals surface area contributed by atoms with Crippen LogP contribution in [0, 0.1) is 0 Å². The predicted molar refractivity (Wildman–Crippen MR) is 185 cm³/mol. The van der Waals surface area contributed by atoms with Crippen molar-refractivity contribution in [2.24, 2.45) is 0 Å². The number of rotatable bonds is 2. The van der Waals surface area contributed by atoms with E-state index in [0.717, 1.165) is 0 Å². The van der Waals surface area contributed by atoms with Crippen molar-refractivity contribution in [2.75, 3.05) is 0 Å². The maximum atomic E-state index is 2.47. The van der Waals surface area contributed by atoms with E-state index >= 15 is 0 Å². The van der Waals surface area contributed by atoms with Crippen molar-refractivity contribution in [3.63, 3.8) is 0 Å². The zero-order valence-electron chi connectivity index (χ0n) is 24.4. The molecule has 0 N–H and O–H groups in total. The molecule has 0 aliphatic heterocycles. The van der Waals surface area contributed by atoms with Gasteiger partial charge in [0, 0.05) is 5.41 Å². The quantitative estimate of drug-likeness (QED) is 0.189. The van der Waals surface area contributed by atoms with Crippen LogP contribution in [-0.2, 0) is 5.41 Å². The van der Waals surface area contributed by atoms with Gasteiger partial charge in [-0.25, -0.2) is 0 Å². The summed E-state index contributed by atoms with van der Waals surface area (Å²) in [6, 6.07) is 53.9. The molecule has 43 heavy (non-hydrogen) atoms. The first-order valence-corrected chi connectivity index (χ1v) is 15.2. The fourth-order valence-corrected chi connectivity index (χ4v) is 7.89. The minimum Gasteiger partial charge on any atom is -0.0622 e. The Bertz CT molecular complexity index is 2370. The van der Waals surface area contributed by atoms with E-state index in [9.17, 15) is 0 Å². The highest BCUT2D eigenvalue weighted by atomic mass is 14.4. The van der Waals surface area contributed by atoms with Crippen molar-refractivity contribution in [1.29, 1.82) is 0 Å². The van der Waals surface area contributed by atoms with Gasteiger partial charge in [-0.3, -0.25) is 0 Å². The predicted octanol–water partition coefficient (Wildman–Crippen LogP) is 11.9. The zero-order chi connectivity index (χ0) is 28.7. The molecule has 0 amide bonds. The van der Waals surface area contributed by atoms with Gasteiger partial charge >= 0.3 is 0 Å². The van der Waals surface area contributed by atoms with Crippen LogP contribution in [-0.4, -0.2) is 0 Å². The Labute approximate surface area is 251 Å². The van der Waals surface area contributed by atoms with Crippen molar-refractivity contribution in [2.45, 2.75) is 19.3 Å². The normalized spacial score (nSPS) is 13.5. The maximum absolute atomic E-state index is 2.47. The Morgan fingerprint density at radius 2 is 0.814 bits per heavy atom. The van der Waals surface area contributed by atoms with E-state index in [1.165, 1.54) is 87.6 Å². The first-order chi connectivity index (χ1) is 21.1. The molecule has 0 atom stereocenters. The molecule has 0 heteroatoms. The van der Waals surface area contributed by atoms with Gasteiger partial charge in [0.25, 0.3) is 0 Å². The van der Waals surface area contributed by atoms with Crippen molar-refractivity contribution >= 4 is 43.1 Å². The van der Waals surface area contributed by atoms with Gasteiger partial charge in [0.2, 0.25) is 0 Å². The molecule has 8 aromatic carbocycles. The zero-order valence-corrected chi connectivity index (χ0v) is 24.4. The van der Waals surface area contributed by atoms with E-state index in [0.29, 0.717) is 0 Å². The van der Waals surface area contributed by atoms with Crippen LogP contribution in [0.4, 0.5) is 0 Å². The largest absolute Gasteiger partial charge is 0.0622 e. The second-order valence-electron chi connectivity index (χ2n) is 12.5. The van der Waals surface area contributed by atoms with Crippen LogP contribution >= 0.6 is 0 Å². The van der Waals surface area contributed by atoms with Gasteiger partial charge in [-0.2, -0.15) is 0 Å². The van der Waals surface area contributed by atoms with Crippen molar-refractivity contribution in [3.05, 3.63) is 157 Å². The molecular formula is C43H30. The van der Waals surface area contributed by atoms with Crippen LogP contribution < -0.4 is 0 Å². The summed E-state index contributed by atoms with van der Waals surface area (Å²) in [6.07, 6.45) is 0. The Morgan fingerprint density at radius 3 is 1.47 bits per heavy atom. The molecule has 202 valence electrons. The lowest BCUT2D eigenvalue weighted by Gasteiger charge is -2.25. The van der Waals surface area contributed by atoms with Gasteiger partial charge < -0.3 is 0 Å². The van der Waals surface area contributed by atoms with Crippen LogP contribution in [0.1, 0.15) is 25.0 Å². The monoisotopic (exact) mass is 546 g/mol. The Morgan fingerprint density at radius 1 is 0.349 bits per heavy atom. The van der Waals surface area contributed by atoms with Gasteiger partial charge in [-0.05, 0) is 93.7 Å². The summed E-state index contributed by atoms with van der Waals surface area (Å²) < 4.78 is 0. The van der Waals surface area contributed by atoms with Gasteiger partial charge in [-0.15, -0.1) is 0 Å². The van der Waals surface area contributed by atoms with E-state index in [1.54, 1.807) is 0 Å². The van der Waals surface area contributed by atoms with E-state index in [-0.39, 0.29) is 5.41 Å². The highest BCUT2D eigenvalue weighted by Gasteiger charge is 2.38. The summed E-state index contributed by atoms with van der Waals surface area (Å²) in [7, 11) is 0. The molecule has 0 saturated heterocycles. The van der Waals surface area contributed by atoms with Gasteiger partial charge in [-0.1, -0.05) is 153 Å². The van der Waals surface area contributed by atoms with E-state index in [2.05, 4.69) is 159 Å². The van der Waals surface area contributed by atoms with Crippen LogP contribution in [0.5, 0.6) is 0 Å². The number of benzene rings is 8. The molecule has 0 unspecified atom stereocenters. The highest BCUT2D eigenvalue weighted by Crippen LogP contribution is 2.54. The average molecular weight is 547 g/mol. The molecule has 0 heterocycles. The average Bonchev–Trinajstić information content (AvgIpc) is 3.30. The molecule has 0 bridgehead atoms. The third-order valence-corrected chi connectivity index (χ3v) is 9.84. The summed E-state index contributed by atoms with van der Waals surface area (Å²) in [6.45, 7) is 4.84. The smallest absolute Gasteiger partial charge is 0.0165 e. The molecular weight excluding hydrogens is 516 g/mol. The summed E-state index contributed by atoms with van der Waals surface area (Å²) >= 11 is 0. The first kappa shape index (κ1) is 24.4. The van der Waals surface area contributed by atoms with Crippen LogP contribution in [0.3, 0.4) is 0 Å². The lowest BCUT2D eigenvalue weighted by atomic mass is 9.78. The molecule has 0 nitrogen and oxygen atoms in total. The van der Waals surface area contributed by atoms with Crippen molar-refractivity contribution in [3.8, 4) is 33.4 Å². The summed E-state index contributed by atoms with van der Waals surface area (Å²) in [5.74, 6) is 0. The number of hydrogen-bond donors (Lipinski definition) is 0. The van der Waals surface area contributed by atoms with Gasteiger partial charge in [0.15, 0.2) is 0 Å². The molecule has 8 aromatic rings. The van der Waals surface area contributed by atoms with Crippen LogP contribution in [0.15, 0.2) is 146 Å². The lowest BCUT2D eigenvalue weighted by Crippen LogP contribution is -2.15. The molecule has 0 radical (unpaired) electrons. The molecule has 0 spiro atoms. The number of fused-ring (bicyclic) bond motifs is 11. The van der Waals surface area contributed by atoms with Crippen LogP contribution in [0.25, 0.3) is 76.5 Å². The topological polar surface area (TPSA) is 0 Å². The SMILES string of the molecule is CC1(C)c2cc(-c3ccc(-c4ccccc4)c4ccccc34)ccc2-c2ccc3c4ccccc4c4ccccc4c3c21. The fourth-order valence-electron chi connectivity index (χ4n) is 7.89. The maximum Gasteiger partial charge on any atom is 0.0165 e. The second kappa shape index (κ2) is 8.90. The first-order valence-electron chi connectivity index (χ1n) is 15.2. The van der Waals surface area contributed by atoms with Gasteiger partial charge in [0.05, 0.1) is 0 Å². The molecule has 0 saturated carbocycles. The highest BCUT2D eigenvalue weighted by molar-refractivity contribution is 6.27. The molecule has 1 aliphatic carbocycles. The molecule has 9 rings (SSSR count). The van der Waals surface area contributed by atoms with Gasteiger partial charge in [0.1, 0.15) is 0 Å². The molecule has 1 aliphatic rings. The Hall–Kier alpha value is -5.20. The minimum absolute atomic E-state index is 0.148. The molecule has 0 fully saturated rings. The third kappa shape index (κ3) is 3.38. The van der Waals surface area contributed by atoms with E-state index < -0.39 is 0 Å². The summed E-state index contributed by atoms with van der Waals surface area (Å²) in [5, 5.41) is 10.7. The fraction of sp³-hybridized carbons (Fsp3) is 0.0698. The van der Waals surface area contributed by atoms with Crippen molar-refractivity contribution < 1.29 is 0 Å². The minimum atomic E-state index is -0.148. The lowest BCUT2D eigenvalue weighted by molar-refractivity contribution is 0.667. The Balaban J connectivity index is 1.29.